The summed E-state index contributed by atoms with van der Waals surface area (Å²) in [4.78, 5) is 2.47. The highest BCUT2D eigenvalue weighted by atomic mass is 16.5. The number of nitrogens with one attached hydrogen (secondary N) is 1. The molecule has 1 N–H and O–H groups in total. The van der Waals surface area contributed by atoms with Crippen molar-refractivity contribution in [3.05, 3.63) is 0 Å². The highest BCUT2D eigenvalue weighted by Crippen LogP contribution is 2.22. The van der Waals surface area contributed by atoms with E-state index in [0.29, 0.717) is 0 Å². The molecule has 0 aromatic rings. The first-order valence-electron chi connectivity index (χ1n) is 6.79. The van der Waals surface area contributed by atoms with Crippen molar-refractivity contribution in [3.63, 3.8) is 0 Å². The fraction of sp³-hybridized carbons (Fsp3) is 1.00. The summed E-state index contributed by atoms with van der Waals surface area (Å²) in [6, 6.07) is 1.48. The first-order chi connectivity index (χ1) is 7.77. The summed E-state index contributed by atoms with van der Waals surface area (Å²) in [6.07, 6.45) is 5.37. The van der Waals surface area contributed by atoms with Gasteiger partial charge in [-0.2, -0.15) is 0 Å². The van der Waals surface area contributed by atoms with E-state index in [1.54, 1.807) is 0 Å². The van der Waals surface area contributed by atoms with Crippen LogP contribution in [0.25, 0.3) is 0 Å². The number of ether oxygens (including phenoxy) is 1. The van der Waals surface area contributed by atoms with E-state index < -0.39 is 0 Å². The van der Waals surface area contributed by atoms with Gasteiger partial charge in [-0.25, -0.2) is 0 Å². The van der Waals surface area contributed by atoms with E-state index >= 15 is 0 Å². The van der Waals surface area contributed by atoms with Gasteiger partial charge in [-0.1, -0.05) is 13.3 Å². The van der Waals surface area contributed by atoms with Crippen LogP contribution in [0.3, 0.4) is 0 Å². The van der Waals surface area contributed by atoms with Gasteiger partial charge in [-0.05, 0) is 39.8 Å². The summed E-state index contributed by atoms with van der Waals surface area (Å²) in [5.74, 6) is 0. The second-order valence-electron chi connectivity index (χ2n) is 4.75. The third-order valence-corrected chi connectivity index (χ3v) is 3.56. The number of hydrogen-bond donors (Lipinski definition) is 1. The Bertz CT molecular complexity index is 173. The Balaban J connectivity index is 2.23. The second-order valence-corrected chi connectivity index (χ2v) is 4.75. The molecule has 0 aromatic carbocycles. The van der Waals surface area contributed by atoms with Gasteiger partial charge in [0.15, 0.2) is 0 Å². The number of hydrogen-bond acceptors (Lipinski definition) is 3. The zero-order valence-corrected chi connectivity index (χ0v) is 11.2. The van der Waals surface area contributed by atoms with Crippen LogP contribution in [-0.4, -0.2) is 50.3 Å². The molecule has 2 unspecified atom stereocenters. The van der Waals surface area contributed by atoms with Crippen LogP contribution in [0.4, 0.5) is 0 Å². The molecule has 0 amide bonds. The molecule has 16 heavy (non-hydrogen) atoms. The van der Waals surface area contributed by atoms with Crippen LogP contribution in [-0.2, 0) is 4.74 Å². The van der Waals surface area contributed by atoms with Crippen molar-refractivity contribution >= 4 is 0 Å². The lowest BCUT2D eigenvalue weighted by Crippen LogP contribution is -2.43. The molecule has 0 radical (unpaired) electrons. The summed E-state index contributed by atoms with van der Waals surface area (Å²) in [6.45, 7) is 8.12. The lowest BCUT2D eigenvalue weighted by atomic mass is 9.90. The van der Waals surface area contributed by atoms with Crippen LogP contribution in [0, 0.1) is 0 Å². The van der Waals surface area contributed by atoms with E-state index in [1.165, 1.54) is 25.7 Å². The average Bonchev–Trinajstić information content (AvgIpc) is 2.30. The van der Waals surface area contributed by atoms with Crippen molar-refractivity contribution in [2.45, 2.75) is 51.6 Å². The molecule has 0 aliphatic heterocycles. The van der Waals surface area contributed by atoms with E-state index in [-0.39, 0.29) is 0 Å². The monoisotopic (exact) mass is 228 g/mol. The fourth-order valence-electron chi connectivity index (χ4n) is 2.57. The van der Waals surface area contributed by atoms with Crippen LogP contribution >= 0.6 is 0 Å². The van der Waals surface area contributed by atoms with Crippen molar-refractivity contribution in [3.8, 4) is 0 Å². The molecule has 3 nitrogen and oxygen atoms in total. The first kappa shape index (κ1) is 13.9. The van der Waals surface area contributed by atoms with E-state index in [2.05, 4.69) is 31.1 Å². The number of likely N-dealkylation sites (N-methyl/N-ethyl adjacent to an activating group) is 1. The molecular weight excluding hydrogens is 200 g/mol. The smallest absolute Gasteiger partial charge is 0.0593 e. The maximum absolute atomic E-state index is 5.41. The van der Waals surface area contributed by atoms with Crippen LogP contribution in [0.15, 0.2) is 0 Å². The highest BCUT2D eigenvalue weighted by Gasteiger charge is 2.23. The Labute approximate surface area is 101 Å². The Hall–Kier alpha value is -0.120. The van der Waals surface area contributed by atoms with Crippen molar-refractivity contribution < 1.29 is 4.74 Å². The molecule has 0 spiro atoms. The Morgan fingerprint density at radius 3 is 2.81 bits per heavy atom. The molecule has 0 aromatic heterocycles. The van der Waals surface area contributed by atoms with Gasteiger partial charge in [0, 0.05) is 25.2 Å². The first-order valence-corrected chi connectivity index (χ1v) is 6.79. The molecule has 1 aliphatic rings. The summed E-state index contributed by atoms with van der Waals surface area (Å²) in [5.41, 5.74) is 0. The molecule has 0 heterocycles. The van der Waals surface area contributed by atoms with Crippen LogP contribution in [0.1, 0.15) is 39.5 Å². The summed E-state index contributed by atoms with van der Waals surface area (Å²) in [5, 5.41) is 3.58. The SMILES string of the molecule is CCNC1CCCC(N(C)CCOCC)C1. The third kappa shape index (κ3) is 4.81. The van der Waals surface area contributed by atoms with Crippen molar-refractivity contribution in [2.24, 2.45) is 0 Å². The molecule has 96 valence electrons. The largest absolute Gasteiger partial charge is 0.380 e. The molecule has 1 saturated carbocycles. The van der Waals surface area contributed by atoms with Gasteiger partial charge >= 0.3 is 0 Å². The predicted octanol–water partition coefficient (Wildman–Crippen LogP) is 1.88. The third-order valence-electron chi connectivity index (χ3n) is 3.56. The Kier molecular flexibility index (Phi) is 7.01. The van der Waals surface area contributed by atoms with Crippen molar-refractivity contribution in [2.75, 3.05) is 33.4 Å². The lowest BCUT2D eigenvalue weighted by molar-refractivity contribution is 0.0926. The predicted molar refractivity (Wildman–Crippen MR) is 68.8 cm³/mol. The maximum Gasteiger partial charge on any atom is 0.0593 e. The second kappa shape index (κ2) is 8.04. The van der Waals surface area contributed by atoms with Crippen molar-refractivity contribution in [1.82, 2.24) is 10.2 Å². The Morgan fingerprint density at radius 2 is 2.12 bits per heavy atom. The summed E-state index contributed by atoms with van der Waals surface area (Å²) >= 11 is 0. The average molecular weight is 228 g/mol. The van der Waals surface area contributed by atoms with Crippen molar-refractivity contribution in [1.29, 1.82) is 0 Å². The lowest BCUT2D eigenvalue weighted by Gasteiger charge is -2.35. The molecule has 0 bridgehead atoms. The zero-order valence-electron chi connectivity index (χ0n) is 11.2. The topological polar surface area (TPSA) is 24.5 Å². The minimum absolute atomic E-state index is 0.735. The van der Waals surface area contributed by atoms with Crippen LogP contribution in [0.2, 0.25) is 0 Å². The molecule has 1 fully saturated rings. The zero-order chi connectivity index (χ0) is 11.8. The van der Waals surface area contributed by atoms with E-state index in [0.717, 1.165) is 38.4 Å². The van der Waals surface area contributed by atoms with Gasteiger partial charge in [-0.3, -0.25) is 0 Å². The van der Waals surface area contributed by atoms with E-state index in [1.807, 2.05) is 0 Å². The standard InChI is InChI=1S/C13H28N2O/c1-4-14-12-7-6-8-13(11-12)15(3)9-10-16-5-2/h12-14H,4-11H2,1-3H3. The molecule has 1 aliphatic carbocycles. The number of nitrogens with zero attached hydrogens (tertiary/aromatic N) is 1. The molecular formula is C13H28N2O. The maximum atomic E-state index is 5.41. The van der Waals surface area contributed by atoms with Crippen LogP contribution in [0.5, 0.6) is 0 Å². The van der Waals surface area contributed by atoms with Gasteiger partial charge in [0.05, 0.1) is 6.61 Å². The molecule has 0 saturated heterocycles. The fourth-order valence-corrected chi connectivity index (χ4v) is 2.57. The normalized spacial score (nSPS) is 26.2. The van der Waals surface area contributed by atoms with Gasteiger partial charge in [-0.15, -0.1) is 0 Å². The quantitative estimate of drug-likeness (QED) is 0.673. The van der Waals surface area contributed by atoms with E-state index in [4.69, 9.17) is 4.74 Å². The van der Waals surface area contributed by atoms with Gasteiger partial charge in [0.2, 0.25) is 0 Å². The van der Waals surface area contributed by atoms with Gasteiger partial charge < -0.3 is 15.0 Å². The van der Waals surface area contributed by atoms with E-state index in [9.17, 15) is 0 Å². The molecule has 2 atom stereocenters. The minimum Gasteiger partial charge on any atom is -0.380 e. The minimum atomic E-state index is 0.735. The molecule has 1 rings (SSSR count). The van der Waals surface area contributed by atoms with Gasteiger partial charge in [0.25, 0.3) is 0 Å². The summed E-state index contributed by atoms with van der Waals surface area (Å²) < 4.78 is 5.41. The highest BCUT2D eigenvalue weighted by molar-refractivity contribution is 4.82. The van der Waals surface area contributed by atoms with Gasteiger partial charge in [0.1, 0.15) is 0 Å². The Morgan fingerprint density at radius 1 is 1.31 bits per heavy atom. The van der Waals surface area contributed by atoms with Crippen LogP contribution < -0.4 is 5.32 Å². The number of rotatable bonds is 7. The summed E-state index contributed by atoms with van der Waals surface area (Å²) in [7, 11) is 2.23. The molecule has 3 heteroatoms.